The molecule has 0 aliphatic rings. The summed E-state index contributed by atoms with van der Waals surface area (Å²) in [6.07, 6.45) is -3.71. The van der Waals surface area contributed by atoms with Gasteiger partial charge in [0.15, 0.2) is 5.82 Å². The van der Waals surface area contributed by atoms with Gasteiger partial charge in [-0.15, -0.1) is 0 Å². The molecule has 0 fully saturated rings. The SMILES string of the molecule is CCN(CC)CCCNc1nc(Nc2ccc(Cl)c(C(F)(F)F)c2)nc(-c2ccc(Cl)cc2)n1. The monoisotopic (exact) mass is 512 g/mol. The van der Waals surface area contributed by atoms with Crippen molar-refractivity contribution >= 4 is 40.8 Å². The van der Waals surface area contributed by atoms with Crippen LogP contribution in [0.1, 0.15) is 25.8 Å². The normalized spacial score (nSPS) is 11.6. The third-order valence-corrected chi connectivity index (χ3v) is 5.68. The highest BCUT2D eigenvalue weighted by molar-refractivity contribution is 6.31. The number of aromatic nitrogens is 3. The molecule has 0 saturated carbocycles. The van der Waals surface area contributed by atoms with Crippen LogP contribution in [0.2, 0.25) is 10.0 Å². The minimum absolute atomic E-state index is 0.0987. The average Bonchev–Trinajstić information content (AvgIpc) is 2.80. The van der Waals surface area contributed by atoms with Crippen LogP contribution in [0.25, 0.3) is 11.4 Å². The lowest BCUT2D eigenvalue weighted by Gasteiger charge is -2.17. The Bertz CT molecular complexity index is 1090. The van der Waals surface area contributed by atoms with Gasteiger partial charge in [-0.25, -0.2) is 0 Å². The highest BCUT2D eigenvalue weighted by Crippen LogP contribution is 2.36. The molecule has 0 atom stereocenters. The number of nitrogens with zero attached hydrogens (tertiary/aromatic N) is 4. The van der Waals surface area contributed by atoms with E-state index >= 15 is 0 Å². The Kier molecular flexibility index (Phi) is 8.93. The van der Waals surface area contributed by atoms with E-state index in [1.807, 2.05) is 0 Å². The number of benzene rings is 2. The Hall–Kier alpha value is -2.62. The van der Waals surface area contributed by atoms with Crippen LogP contribution in [0, 0.1) is 0 Å². The van der Waals surface area contributed by atoms with Crippen molar-refractivity contribution in [3.63, 3.8) is 0 Å². The summed E-state index contributed by atoms with van der Waals surface area (Å²) in [6, 6.07) is 10.5. The van der Waals surface area contributed by atoms with Crippen molar-refractivity contribution in [1.29, 1.82) is 0 Å². The van der Waals surface area contributed by atoms with Crippen molar-refractivity contribution in [2.24, 2.45) is 0 Å². The number of hydrogen-bond donors (Lipinski definition) is 2. The highest BCUT2D eigenvalue weighted by atomic mass is 35.5. The van der Waals surface area contributed by atoms with Gasteiger partial charge in [0.25, 0.3) is 0 Å². The van der Waals surface area contributed by atoms with E-state index in [9.17, 15) is 13.2 Å². The second-order valence-corrected chi connectivity index (χ2v) is 8.28. The van der Waals surface area contributed by atoms with Crippen molar-refractivity contribution in [3.05, 3.63) is 58.1 Å². The number of halogens is 5. The highest BCUT2D eigenvalue weighted by Gasteiger charge is 2.33. The van der Waals surface area contributed by atoms with Crippen molar-refractivity contribution in [2.45, 2.75) is 26.4 Å². The second kappa shape index (κ2) is 11.7. The molecule has 0 spiro atoms. The van der Waals surface area contributed by atoms with Gasteiger partial charge in [0, 0.05) is 22.8 Å². The van der Waals surface area contributed by atoms with Crippen LogP contribution in [0.15, 0.2) is 42.5 Å². The van der Waals surface area contributed by atoms with Crippen molar-refractivity contribution in [1.82, 2.24) is 19.9 Å². The zero-order valence-electron chi connectivity index (χ0n) is 18.8. The van der Waals surface area contributed by atoms with Crippen LogP contribution in [0.3, 0.4) is 0 Å². The summed E-state index contributed by atoms with van der Waals surface area (Å²) < 4.78 is 39.8. The zero-order valence-corrected chi connectivity index (χ0v) is 20.3. The first-order valence-electron chi connectivity index (χ1n) is 10.8. The van der Waals surface area contributed by atoms with E-state index in [4.69, 9.17) is 23.2 Å². The third-order valence-electron chi connectivity index (χ3n) is 5.09. The first-order valence-corrected chi connectivity index (χ1v) is 11.6. The molecule has 0 unspecified atom stereocenters. The van der Waals surface area contributed by atoms with Gasteiger partial charge in [0.2, 0.25) is 11.9 Å². The first-order chi connectivity index (χ1) is 16.2. The number of nitrogens with one attached hydrogen (secondary N) is 2. The molecule has 0 aliphatic carbocycles. The maximum Gasteiger partial charge on any atom is 0.417 e. The zero-order chi connectivity index (χ0) is 24.7. The van der Waals surface area contributed by atoms with E-state index in [1.54, 1.807) is 24.3 Å². The van der Waals surface area contributed by atoms with Gasteiger partial charge in [-0.05, 0) is 68.5 Å². The maximum atomic E-state index is 13.3. The molecule has 2 N–H and O–H groups in total. The quantitative estimate of drug-likeness (QED) is 0.293. The minimum atomic E-state index is -4.58. The summed E-state index contributed by atoms with van der Waals surface area (Å²) in [7, 11) is 0. The fourth-order valence-corrected chi connectivity index (χ4v) is 3.58. The Morgan fingerprint density at radius 3 is 2.24 bits per heavy atom. The molecular formula is C23H25Cl2F3N6. The van der Waals surface area contributed by atoms with E-state index in [1.165, 1.54) is 12.1 Å². The lowest BCUT2D eigenvalue weighted by Crippen LogP contribution is -2.25. The average molecular weight is 513 g/mol. The molecule has 1 aromatic heterocycles. The number of alkyl halides is 3. The molecule has 0 saturated heterocycles. The number of rotatable bonds is 10. The second-order valence-electron chi connectivity index (χ2n) is 7.44. The van der Waals surface area contributed by atoms with Crippen LogP contribution in [0.4, 0.5) is 30.8 Å². The van der Waals surface area contributed by atoms with Gasteiger partial charge in [0.1, 0.15) is 0 Å². The number of hydrogen-bond acceptors (Lipinski definition) is 6. The Morgan fingerprint density at radius 2 is 1.59 bits per heavy atom. The standard InChI is InChI=1S/C23H25Cl2F3N6/c1-3-34(4-2)13-5-12-29-21-31-20(15-6-8-16(24)9-7-15)32-22(33-21)30-17-10-11-19(25)18(14-17)23(26,27)28/h6-11,14H,3-5,12-13H2,1-2H3,(H2,29,30,31,32,33). The van der Waals surface area contributed by atoms with Gasteiger partial charge in [0.05, 0.1) is 10.6 Å². The van der Waals surface area contributed by atoms with Gasteiger partial charge >= 0.3 is 6.18 Å². The molecule has 0 amide bonds. The molecule has 0 radical (unpaired) electrons. The first kappa shape index (κ1) is 26.0. The van der Waals surface area contributed by atoms with Crippen molar-refractivity contribution in [3.8, 4) is 11.4 Å². The molecule has 3 aromatic rings. The van der Waals surface area contributed by atoms with E-state index in [0.29, 0.717) is 28.9 Å². The van der Waals surface area contributed by atoms with Crippen LogP contribution in [-0.4, -0.2) is 46.0 Å². The molecule has 2 aromatic carbocycles. The molecular weight excluding hydrogens is 488 g/mol. The van der Waals surface area contributed by atoms with E-state index in [-0.39, 0.29) is 16.7 Å². The fraction of sp³-hybridized carbons (Fsp3) is 0.348. The van der Waals surface area contributed by atoms with Crippen molar-refractivity contribution in [2.75, 3.05) is 36.8 Å². The molecule has 0 bridgehead atoms. The van der Waals surface area contributed by atoms with Crippen LogP contribution in [0.5, 0.6) is 0 Å². The fourth-order valence-electron chi connectivity index (χ4n) is 3.23. The summed E-state index contributed by atoms with van der Waals surface area (Å²) in [5.74, 6) is 0.763. The summed E-state index contributed by atoms with van der Waals surface area (Å²) >= 11 is 11.7. The summed E-state index contributed by atoms with van der Waals surface area (Å²) in [4.78, 5) is 15.5. The maximum absolute atomic E-state index is 13.3. The molecule has 182 valence electrons. The molecule has 3 rings (SSSR count). The largest absolute Gasteiger partial charge is 0.417 e. The summed E-state index contributed by atoms with van der Waals surface area (Å²) in [5, 5.41) is 6.20. The lowest BCUT2D eigenvalue weighted by molar-refractivity contribution is -0.137. The minimum Gasteiger partial charge on any atom is -0.354 e. The van der Waals surface area contributed by atoms with Crippen molar-refractivity contribution < 1.29 is 13.2 Å². The predicted octanol–water partition coefficient (Wildman–Crippen LogP) is 6.75. The Morgan fingerprint density at radius 1 is 0.912 bits per heavy atom. The summed E-state index contributed by atoms with van der Waals surface area (Å²) in [5.41, 5.74) is -0.105. The molecule has 1 heterocycles. The molecule has 0 aliphatic heterocycles. The van der Waals surface area contributed by atoms with Crippen LogP contribution in [-0.2, 0) is 6.18 Å². The number of anilines is 3. The van der Waals surface area contributed by atoms with Crippen LogP contribution >= 0.6 is 23.2 Å². The summed E-state index contributed by atoms with van der Waals surface area (Å²) in [6.45, 7) is 7.71. The van der Waals surface area contributed by atoms with E-state index in [2.05, 4.69) is 44.3 Å². The lowest BCUT2D eigenvalue weighted by atomic mass is 10.2. The smallest absolute Gasteiger partial charge is 0.354 e. The van der Waals surface area contributed by atoms with Gasteiger partial charge in [-0.2, -0.15) is 28.1 Å². The van der Waals surface area contributed by atoms with Gasteiger partial charge in [-0.1, -0.05) is 37.0 Å². The van der Waals surface area contributed by atoms with E-state index < -0.39 is 11.7 Å². The van der Waals surface area contributed by atoms with Crippen LogP contribution < -0.4 is 10.6 Å². The third kappa shape index (κ3) is 7.19. The molecule has 6 nitrogen and oxygen atoms in total. The predicted molar refractivity (Wildman–Crippen MR) is 131 cm³/mol. The molecule has 34 heavy (non-hydrogen) atoms. The topological polar surface area (TPSA) is 66.0 Å². The van der Waals surface area contributed by atoms with E-state index in [0.717, 1.165) is 32.1 Å². The van der Waals surface area contributed by atoms with Gasteiger partial charge in [-0.3, -0.25) is 0 Å². The Labute approximate surface area is 206 Å². The van der Waals surface area contributed by atoms with Gasteiger partial charge < -0.3 is 15.5 Å². The molecule has 11 heteroatoms. The Balaban J connectivity index is 1.86.